The highest BCUT2D eigenvalue weighted by Gasteiger charge is 2.39. The van der Waals surface area contributed by atoms with Crippen LogP contribution in [0.3, 0.4) is 0 Å². The molecule has 5 nitrogen and oxygen atoms in total. The van der Waals surface area contributed by atoms with E-state index in [4.69, 9.17) is 5.14 Å². The Balaban J connectivity index is 2.51. The molecule has 0 aromatic heterocycles. The van der Waals surface area contributed by atoms with Gasteiger partial charge in [-0.1, -0.05) is 0 Å². The topological polar surface area (TPSA) is 75.4 Å². The van der Waals surface area contributed by atoms with Gasteiger partial charge in [0.15, 0.2) is 0 Å². The summed E-state index contributed by atoms with van der Waals surface area (Å²) in [7, 11) is 0.381. The van der Waals surface area contributed by atoms with Crippen molar-refractivity contribution in [1.82, 2.24) is 9.62 Å². The fourth-order valence-electron chi connectivity index (χ4n) is 1.60. The maximum absolute atomic E-state index is 10.7. The van der Waals surface area contributed by atoms with Crippen LogP contribution >= 0.6 is 0 Å². The van der Waals surface area contributed by atoms with E-state index in [9.17, 15) is 8.42 Å². The van der Waals surface area contributed by atoms with Gasteiger partial charge in [-0.2, -0.15) is 8.42 Å². The van der Waals surface area contributed by atoms with Gasteiger partial charge in [-0.15, -0.1) is 0 Å². The third kappa shape index (κ3) is 2.63. The predicted octanol–water partition coefficient (Wildman–Crippen LogP) is -0.736. The lowest BCUT2D eigenvalue weighted by molar-refractivity contribution is 0.0657. The average molecular weight is 207 g/mol. The quantitative estimate of drug-likeness (QED) is 0.638. The Kier molecular flexibility index (Phi) is 2.96. The zero-order valence-corrected chi connectivity index (χ0v) is 8.89. The van der Waals surface area contributed by atoms with Crippen molar-refractivity contribution in [2.75, 3.05) is 20.6 Å². The molecule has 0 spiro atoms. The molecule has 0 aromatic carbocycles. The summed E-state index contributed by atoms with van der Waals surface area (Å²) in [6.45, 7) is 0.416. The Labute approximate surface area is 79.5 Å². The lowest BCUT2D eigenvalue weighted by atomic mass is 9.76. The smallest absolute Gasteiger partial charge is 0.274 e. The van der Waals surface area contributed by atoms with E-state index in [0.29, 0.717) is 6.54 Å². The van der Waals surface area contributed by atoms with E-state index in [1.807, 2.05) is 14.1 Å². The van der Waals surface area contributed by atoms with Crippen molar-refractivity contribution in [2.24, 2.45) is 5.14 Å². The van der Waals surface area contributed by atoms with Gasteiger partial charge in [0.25, 0.3) is 10.2 Å². The van der Waals surface area contributed by atoms with Crippen LogP contribution in [0, 0.1) is 0 Å². The Morgan fingerprint density at radius 1 is 1.46 bits per heavy atom. The fourth-order valence-corrected chi connectivity index (χ4v) is 2.07. The van der Waals surface area contributed by atoms with Gasteiger partial charge in [-0.05, 0) is 33.4 Å². The molecule has 1 aliphatic rings. The molecule has 0 unspecified atom stereocenters. The highest BCUT2D eigenvalue weighted by molar-refractivity contribution is 7.87. The lowest BCUT2D eigenvalue weighted by Gasteiger charge is -2.47. The molecule has 0 saturated heterocycles. The zero-order chi connectivity index (χ0) is 10.1. The minimum atomic E-state index is -3.54. The lowest BCUT2D eigenvalue weighted by Crippen LogP contribution is -2.57. The number of nitrogens with one attached hydrogen (secondary N) is 1. The number of hydrogen-bond donors (Lipinski definition) is 2. The molecule has 0 aromatic rings. The molecule has 78 valence electrons. The molecule has 1 fully saturated rings. The molecule has 0 amide bonds. The van der Waals surface area contributed by atoms with E-state index in [0.717, 1.165) is 19.3 Å². The number of nitrogens with two attached hydrogens (primary N) is 1. The number of likely N-dealkylation sites (N-methyl/N-ethyl adjacent to an activating group) is 1. The summed E-state index contributed by atoms with van der Waals surface area (Å²) in [6, 6.07) is 0. The first-order chi connectivity index (χ1) is 5.86. The molecule has 1 rings (SSSR count). The van der Waals surface area contributed by atoms with Crippen molar-refractivity contribution in [3.8, 4) is 0 Å². The minimum Gasteiger partial charge on any atom is -0.302 e. The Morgan fingerprint density at radius 2 is 2.00 bits per heavy atom. The standard InChI is InChI=1S/C7H17N3O2S/c1-10(2)7(4-3-5-7)6-9-13(8,11)12/h9H,3-6H2,1-2H3,(H2,8,11,12). The second-order valence-corrected chi connectivity index (χ2v) is 5.22. The van der Waals surface area contributed by atoms with Crippen molar-refractivity contribution >= 4 is 10.2 Å². The molecular weight excluding hydrogens is 190 g/mol. The van der Waals surface area contributed by atoms with Crippen LogP contribution in [0.5, 0.6) is 0 Å². The predicted molar refractivity (Wildman–Crippen MR) is 51.4 cm³/mol. The van der Waals surface area contributed by atoms with E-state index in [-0.39, 0.29) is 5.54 Å². The molecular formula is C7H17N3O2S. The van der Waals surface area contributed by atoms with Gasteiger partial charge in [0, 0.05) is 12.1 Å². The summed E-state index contributed by atoms with van der Waals surface area (Å²) in [5.74, 6) is 0. The molecule has 6 heteroatoms. The monoisotopic (exact) mass is 207 g/mol. The summed E-state index contributed by atoms with van der Waals surface area (Å²) in [4.78, 5) is 2.06. The van der Waals surface area contributed by atoms with Gasteiger partial charge in [0.05, 0.1) is 0 Å². The minimum absolute atomic E-state index is 0.00750. The van der Waals surface area contributed by atoms with Crippen LogP contribution < -0.4 is 9.86 Å². The van der Waals surface area contributed by atoms with Gasteiger partial charge < -0.3 is 4.90 Å². The van der Waals surface area contributed by atoms with Crippen molar-refractivity contribution in [2.45, 2.75) is 24.8 Å². The van der Waals surface area contributed by atoms with Crippen molar-refractivity contribution in [1.29, 1.82) is 0 Å². The second-order valence-electron chi connectivity index (χ2n) is 3.84. The first-order valence-corrected chi connectivity index (χ1v) is 5.85. The first-order valence-electron chi connectivity index (χ1n) is 4.31. The maximum Gasteiger partial charge on any atom is 0.274 e. The van der Waals surface area contributed by atoms with Crippen molar-refractivity contribution in [3.63, 3.8) is 0 Å². The third-order valence-electron chi connectivity index (χ3n) is 2.84. The van der Waals surface area contributed by atoms with Crippen LogP contribution in [0.1, 0.15) is 19.3 Å². The normalized spacial score (nSPS) is 21.5. The summed E-state index contributed by atoms with van der Waals surface area (Å²) in [5.41, 5.74) is -0.00750. The van der Waals surface area contributed by atoms with Crippen LogP contribution in [0.4, 0.5) is 0 Å². The van der Waals surface area contributed by atoms with Crippen LogP contribution in [0.25, 0.3) is 0 Å². The summed E-state index contributed by atoms with van der Waals surface area (Å²) < 4.78 is 23.7. The highest BCUT2D eigenvalue weighted by Crippen LogP contribution is 2.35. The molecule has 0 radical (unpaired) electrons. The first kappa shape index (κ1) is 10.9. The van der Waals surface area contributed by atoms with E-state index in [1.165, 1.54) is 0 Å². The molecule has 0 heterocycles. The van der Waals surface area contributed by atoms with E-state index in [2.05, 4.69) is 9.62 Å². The van der Waals surface area contributed by atoms with E-state index in [1.54, 1.807) is 0 Å². The van der Waals surface area contributed by atoms with Crippen molar-refractivity contribution < 1.29 is 8.42 Å². The SMILES string of the molecule is CN(C)C1(CNS(N)(=O)=O)CCC1. The van der Waals surface area contributed by atoms with E-state index >= 15 is 0 Å². The average Bonchev–Trinajstić information content (AvgIpc) is 1.80. The Morgan fingerprint density at radius 3 is 2.23 bits per heavy atom. The van der Waals surface area contributed by atoms with Gasteiger partial charge in [0.2, 0.25) is 0 Å². The molecule has 0 aliphatic heterocycles. The Hall–Kier alpha value is -0.170. The van der Waals surface area contributed by atoms with Crippen LogP contribution in [0.15, 0.2) is 0 Å². The van der Waals surface area contributed by atoms with Crippen molar-refractivity contribution in [3.05, 3.63) is 0 Å². The molecule has 1 saturated carbocycles. The zero-order valence-electron chi connectivity index (χ0n) is 8.08. The third-order valence-corrected chi connectivity index (χ3v) is 3.38. The number of hydrogen-bond acceptors (Lipinski definition) is 3. The van der Waals surface area contributed by atoms with Crippen LogP contribution in [-0.2, 0) is 10.2 Å². The number of nitrogens with zero attached hydrogens (tertiary/aromatic N) is 1. The summed E-state index contributed by atoms with van der Waals surface area (Å²) in [5, 5.41) is 4.86. The maximum atomic E-state index is 10.7. The number of rotatable bonds is 4. The van der Waals surface area contributed by atoms with E-state index < -0.39 is 10.2 Å². The van der Waals surface area contributed by atoms with Gasteiger partial charge in [-0.3, -0.25) is 0 Å². The van der Waals surface area contributed by atoms with Gasteiger partial charge in [-0.25, -0.2) is 9.86 Å². The van der Waals surface area contributed by atoms with Gasteiger partial charge >= 0.3 is 0 Å². The summed E-state index contributed by atoms with van der Waals surface area (Å²) in [6.07, 6.45) is 3.22. The van der Waals surface area contributed by atoms with Crippen LogP contribution in [-0.4, -0.2) is 39.5 Å². The molecule has 0 bridgehead atoms. The molecule has 0 atom stereocenters. The van der Waals surface area contributed by atoms with Crippen LogP contribution in [0.2, 0.25) is 0 Å². The van der Waals surface area contributed by atoms with Gasteiger partial charge in [0.1, 0.15) is 0 Å². The molecule has 13 heavy (non-hydrogen) atoms. The molecule has 1 aliphatic carbocycles. The fraction of sp³-hybridized carbons (Fsp3) is 1.00. The summed E-state index contributed by atoms with van der Waals surface area (Å²) >= 11 is 0. The highest BCUT2D eigenvalue weighted by atomic mass is 32.2. The Bertz CT molecular complexity index is 269. The molecule has 3 N–H and O–H groups in total. The second kappa shape index (κ2) is 3.53. The largest absolute Gasteiger partial charge is 0.302 e.